The Labute approximate surface area is 181 Å². The molecule has 2 heterocycles. The molecular formula is C22H31F3N4O2. The number of nitrogens with zero attached hydrogens (tertiary/aromatic N) is 3. The number of hydrogen-bond donors (Lipinski definition) is 1. The molecule has 0 aromatic heterocycles. The summed E-state index contributed by atoms with van der Waals surface area (Å²) in [6.45, 7) is 6.49. The predicted octanol–water partition coefficient (Wildman–Crippen LogP) is 3.22. The zero-order chi connectivity index (χ0) is 22.4. The molecule has 2 fully saturated rings. The van der Waals surface area contributed by atoms with E-state index >= 15 is 0 Å². The van der Waals surface area contributed by atoms with E-state index < -0.39 is 18.5 Å². The van der Waals surface area contributed by atoms with Crippen molar-refractivity contribution in [2.24, 2.45) is 5.92 Å². The molecule has 172 valence electrons. The Morgan fingerprint density at radius 2 is 1.61 bits per heavy atom. The molecule has 0 unspecified atom stereocenters. The first-order chi connectivity index (χ1) is 14.7. The number of hydrogen-bond acceptors (Lipinski definition) is 3. The number of halogens is 3. The van der Waals surface area contributed by atoms with Crippen LogP contribution in [0.15, 0.2) is 24.3 Å². The van der Waals surface area contributed by atoms with Crippen LogP contribution in [-0.4, -0.2) is 72.1 Å². The van der Waals surface area contributed by atoms with Crippen molar-refractivity contribution in [3.63, 3.8) is 0 Å². The highest BCUT2D eigenvalue weighted by Crippen LogP contribution is 2.21. The number of carbonyl (C=O) groups excluding carboxylic acids is 2. The van der Waals surface area contributed by atoms with Gasteiger partial charge in [-0.1, -0.05) is 31.2 Å². The third-order valence-corrected chi connectivity index (χ3v) is 5.99. The maximum Gasteiger partial charge on any atom is 0.397 e. The summed E-state index contributed by atoms with van der Waals surface area (Å²) in [5.41, 5.74) is 2.23. The van der Waals surface area contributed by atoms with Crippen molar-refractivity contribution in [2.45, 2.75) is 45.5 Å². The number of piperidine rings is 1. The molecular weight excluding hydrogens is 409 g/mol. The Balaban J connectivity index is 1.42. The molecule has 1 aromatic rings. The van der Waals surface area contributed by atoms with Crippen molar-refractivity contribution in [2.75, 3.05) is 39.3 Å². The fourth-order valence-electron chi connectivity index (χ4n) is 4.05. The largest absolute Gasteiger partial charge is 0.397 e. The lowest BCUT2D eigenvalue weighted by atomic mass is 9.98. The van der Waals surface area contributed by atoms with Gasteiger partial charge in [-0.05, 0) is 43.0 Å². The summed E-state index contributed by atoms with van der Waals surface area (Å²) in [5, 5.41) is 2.88. The lowest BCUT2D eigenvalue weighted by molar-refractivity contribution is -0.162. The average molecular weight is 441 g/mol. The number of urea groups is 1. The first kappa shape index (κ1) is 23.4. The van der Waals surface area contributed by atoms with Crippen LogP contribution < -0.4 is 5.32 Å². The molecule has 2 saturated heterocycles. The van der Waals surface area contributed by atoms with Crippen LogP contribution in [-0.2, 0) is 17.9 Å². The van der Waals surface area contributed by atoms with Gasteiger partial charge in [0.1, 0.15) is 6.42 Å². The minimum atomic E-state index is -4.51. The summed E-state index contributed by atoms with van der Waals surface area (Å²) < 4.78 is 37.1. The number of amides is 3. The second-order valence-corrected chi connectivity index (χ2v) is 8.60. The molecule has 6 nitrogen and oxygen atoms in total. The molecule has 0 radical (unpaired) electrons. The summed E-state index contributed by atoms with van der Waals surface area (Å²) in [6.07, 6.45) is -3.51. The Morgan fingerprint density at radius 1 is 1.00 bits per heavy atom. The zero-order valence-electron chi connectivity index (χ0n) is 18.0. The van der Waals surface area contributed by atoms with Gasteiger partial charge in [-0.2, -0.15) is 13.2 Å². The van der Waals surface area contributed by atoms with E-state index in [0.29, 0.717) is 6.54 Å². The second kappa shape index (κ2) is 10.3. The van der Waals surface area contributed by atoms with Gasteiger partial charge in [-0.3, -0.25) is 9.69 Å². The number of alkyl halides is 3. The molecule has 2 aliphatic rings. The Bertz CT molecular complexity index is 755. The van der Waals surface area contributed by atoms with Crippen LogP contribution in [0.25, 0.3) is 0 Å². The van der Waals surface area contributed by atoms with Crippen LogP contribution >= 0.6 is 0 Å². The number of rotatable bonds is 5. The Morgan fingerprint density at radius 3 is 2.26 bits per heavy atom. The number of carbonyl (C=O) groups is 2. The average Bonchev–Trinajstić information content (AvgIpc) is 2.73. The van der Waals surface area contributed by atoms with Crippen molar-refractivity contribution in [3.8, 4) is 0 Å². The predicted molar refractivity (Wildman–Crippen MR) is 111 cm³/mol. The highest BCUT2D eigenvalue weighted by Gasteiger charge is 2.34. The van der Waals surface area contributed by atoms with Gasteiger partial charge in [0, 0.05) is 39.3 Å². The van der Waals surface area contributed by atoms with Gasteiger partial charge in [0.15, 0.2) is 0 Å². The Kier molecular flexibility index (Phi) is 7.80. The molecule has 0 spiro atoms. The first-order valence-electron chi connectivity index (χ1n) is 10.9. The molecule has 1 aromatic carbocycles. The van der Waals surface area contributed by atoms with Crippen molar-refractivity contribution in [1.82, 2.24) is 20.0 Å². The summed E-state index contributed by atoms with van der Waals surface area (Å²) >= 11 is 0. The monoisotopic (exact) mass is 440 g/mol. The number of benzene rings is 1. The van der Waals surface area contributed by atoms with Gasteiger partial charge in [0.25, 0.3) is 0 Å². The van der Waals surface area contributed by atoms with Crippen LogP contribution in [0.4, 0.5) is 18.0 Å². The van der Waals surface area contributed by atoms with Crippen LogP contribution in [0, 0.1) is 5.92 Å². The van der Waals surface area contributed by atoms with Gasteiger partial charge in [-0.25, -0.2) is 4.79 Å². The van der Waals surface area contributed by atoms with Gasteiger partial charge in [0.2, 0.25) is 5.91 Å². The molecule has 0 atom stereocenters. The molecule has 0 saturated carbocycles. The van der Waals surface area contributed by atoms with E-state index in [1.165, 1.54) is 28.2 Å². The van der Waals surface area contributed by atoms with E-state index in [9.17, 15) is 22.8 Å². The zero-order valence-corrected chi connectivity index (χ0v) is 18.0. The van der Waals surface area contributed by atoms with E-state index in [0.717, 1.165) is 31.1 Å². The third kappa shape index (κ3) is 7.41. The summed E-state index contributed by atoms with van der Waals surface area (Å²) in [4.78, 5) is 29.3. The van der Waals surface area contributed by atoms with Crippen molar-refractivity contribution >= 4 is 11.9 Å². The smallest absolute Gasteiger partial charge is 0.339 e. The minimum Gasteiger partial charge on any atom is -0.339 e. The van der Waals surface area contributed by atoms with Crippen LogP contribution in [0.5, 0.6) is 0 Å². The van der Waals surface area contributed by atoms with Crippen LogP contribution in [0.2, 0.25) is 0 Å². The molecule has 0 bridgehead atoms. The SMILES string of the molecule is CC1CCN(Cc2cccc(CNC(=O)N3CCN(C(=O)CC(F)(F)F)CC3)c2)CC1. The molecule has 31 heavy (non-hydrogen) atoms. The highest BCUT2D eigenvalue weighted by atomic mass is 19.4. The van der Waals surface area contributed by atoms with Gasteiger partial charge >= 0.3 is 12.2 Å². The van der Waals surface area contributed by atoms with Crippen LogP contribution in [0.3, 0.4) is 0 Å². The molecule has 9 heteroatoms. The first-order valence-corrected chi connectivity index (χ1v) is 10.9. The van der Waals surface area contributed by atoms with E-state index in [2.05, 4.69) is 29.3 Å². The molecule has 3 rings (SSSR count). The standard InChI is InChI=1S/C22H31F3N4O2/c1-17-5-7-27(8-6-17)16-19-4-2-3-18(13-19)15-26-21(31)29-11-9-28(10-12-29)20(30)14-22(23,24)25/h2-4,13,17H,5-12,14-16H2,1H3,(H,26,31). The molecule has 1 N–H and O–H groups in total. The lowest BCUT2D eigenvalue weighted by Gasteiger charge is -2.35. The van der Waals surface area contributed by atoms with Gasteiger partial charge in [0.05, 0.1) is 0 Å². The van der Waals surface area contributed by atoms with E-state index in [4.69, 9.17) is 0 Å². The van der Waals surface area contributed by atoms with E-state index in [1.54, 1.807) is 0 Å². The third-order valence-electron chi connectivity index (χ3n) is 5.99. The lowest BCUT2D eigenvalue weighted by Crippen LogP contribution is -2.53. The number of piperazine rings is 1. The van der Waals surface area contributed by atoms with Crippen molar-refractivity contribution in [3.05, 3.63) is 35.4 Å². The topological polar surface area (TPSA) is 55.9 Å². The normalized spacial score (nSPS) is 18.8. The highest BCUT2D eigenvalue weighted by molar-refractivity contribution is 5.78. The number of likely N-dealkylation sites (tertiary alicyclic amines) is 1. The molecule has 0 aliphatic carbocycles. The van der Waals surface area contributed by atoms with Crippen LogP contribution in [0.1, 0.15) is 37.3 Å². The van der Waals surface area contributed by atoms with Crippen molar-refractivity contribution in [1.29, 1.82) is 0 Å². The maximum absolute atomic E-state index is 12.4. The molecule has 2 aliphatic heterocycles. The fourth-order valence-corrected chi connectivity index (χ4v) is 4.05. The summed E-state index contributed by atoms with van der Waals surface area (Å²) in [5.74, 6) is -0.144. The van der Waals surface area contributed by atoms with Gasteiger partial charge < -0.3 is 15.1 Å². The second-order valence-electron chi connectivity index (χ2n) is 8.60. The minimum absolute atomic E-state index is 0.117. The summed E-state index contributed by atoms with van der Waals surface area (Å²) in [6, 6.07) is 7.90. The Hall–Kier alpha value is -2.29. The fraction of sp³-hybridized carbons (Fsp3) is 0.636. The quantitative estimate of drug-likeness (QED) is 0.765. The maximum atomic E-state index is 12.4. The number of nitrogens with one attached hydrogen (secondary N) is 1. The molecule has 3 amide bonds. The van der Waals surface area contributed by atoms with Crippen molar-refractivity contribution < 1.29 is 22.8 Å². The van der Waals surface area contributed by atoms with E-state index in [1.807, 2.05) is 12.1 Å². The van der Waals surface area contributed by atoms with Gasteiger partial charge in [-0.15, -0.1) is 0 Å². The van der Waals surface area contributed by atoms with E-state index in [-0.39, 0.29) is 32.2 Å². The summed E-state index contributed by atoms with van der Waals surface area (Å²) in [7, 11) is 0.